The van der Waals surface area contributed by atoms with Gasteiger partial charge in [0.1, 0.15) is 11.8 Å². The van der Waals surface area contributed by atoms with Gasteiger partial charge in [-0.25, -0.2) is 0 Å². The van der Waals surface area contributed by atoms with E-state index in [9.17, 15) is 4.79 Å². The zero-order chi connectivity index (χ0) is 13.8. The highest BCUT2D eigenvalue weighted by atomic mass is 16.5. The van der Waals surface area contributed by atoms with Gasteiger partial charge in [-0.3, -0.25) is 10.1 Å². The number of carbonyl (C=O) groups is 1. The normalized spacial score (nSPS) is 17.6. The topological polar surface area (TPSA) is 47.6 Å². The lowest BCUT2D eigenvalue weighted by Gasteiger charge is -2.22. The minimum atomic E-state index is -0.218. The summed E-state index contributed by atoms with van der Waals surface area (Å²) >= 11 is 0. The van der Waals surface area contributed by atoms with Crippen LogP contribution >= 0.6 is 0 Å². The van der Waals surface area contributed by atoms with E-state index in [1.165, 1.54) is 7.11 Å². The van der Waals surface area contributed by atoms with Gasteiger partial charge in [-0.2, -0.15) is 0 Å². The molecule has 1 aromatic carbocycles. The summed E-state index contributed by atoms with van der Waals surface area (Å²) in [6.45, 7) is 2.04. The van der Waals surface area contributed by atoms with Crippen LogP contribution in [0.15, 0.2) is 24.3 Å². The number of esters is 1. The number of rotatable bonds is 6. The van der Waals surface area contributed by atoms with E-state index in [1.54, 1.807) is 7.11 Å². The maximum absolute atomic E-state index is 11.8. The zero-order valence-corrected chi connectivity index (χ0v) is 11.7. The van der Waals surface area contributed by atoms with E-state index in [0.29, 0.717) is 5.92 Å². The molecule has 1 unspecified atom stereocenters. The van der Waals surface area contributed by atoms with Crippen LogP contribution < -0.4 is 10.1 Å². The van der Waals surface area contributed by atoms with Gasteiger partial charge in [0.05, 0.1) is 14.2 Å². The van der Waals surface area contributed by atoms with Crippen LogP contribution in [0.4, 0.5) is 0 Å². The van der Waals surface area contributed by atoms with Crippen LogP contribution in [0.25, 0.3) is 0 Å². The van der Waals surface area contributed by atoms with Gasteiger partial charge in [-0.05, 0) is 31.7 Å². The van der Waals surface area contributed by atoms with Crippen LogP contribution in [0.1, 0.15) is 31.4 Å². The summed E-state index contributed by atoms with van der Waals surface area (Å²) in [7, 11) is 3.09. The Morgan fingerprint density at radius 2 is 2.00 bits per heavy atom. The fourth-order valence-corrected chi connectivity index (χ4v) is 2.34. The molecule has 4 heteroatoms. The Bertz CT molecular complexity index is 443. The molecule has 0 heterocycles. The zero-order valence-electron chi connectivity index (χ0n) is 11.7. The summed E-state index contributed by atoms with van der Waals surface area (Å²) in [5, 5.41) is 3.37. The first-order chi connectivity index (χ1) is 9.17. The lowest BCUT2D eigenvalue weighted by atomic mass is 10.0. The van der Waals surface area contributed by atoms with Gasteiger partial charge in [0.25, 0.3) is 0 Å². The fraction of sp³-hybridized carbons (Fsp3) is 0.533. The number of benzene rings is 1. The Morgan fingerprint density at radius 3 is 2.58 bits per heavy atom. The molecule has 1 fully saturated rings. The fourth-order valence-electron chi connectivity index (χ4n) is 2.34. The number of ether oxygens (including phenoxy) is 2. The molecule has 2 atom stereocenters. The molecule has 0 aromatic heterocycles. The first-order valence-corrected chi connectivity index (χ1v) is 6.64. The minimum Gasteiger partial charge on any atom is -0.496 e. The molecule has 0 saturated heterocycles. The second kappa shape index (κ2) is 6.06. The first kappa shape index (κ1) is 13.9. The van der Waals surface area contributed by atoms with Crippen molar-refractivity contribution in [2.75, 3.05) is 14.2 Å². The van der Waals surface area contributed by atoms with Gasteiger partial charge in [0.2, 0.25) is 0 Å². The van der Waals surface area contributed by atoms with Gasteiger partial charge >= 0.3 is 5.97 Å². The van der Waals surface area contributed by atoms with Crippen molar-refractivity contribution in [2.45, 2.75) is 31.8 Å². The Labute approximate surface area is 114 Å². The van der Waals surface area contributed by atoms with E-state index in [4.69, 9.17) is 9.47 Å². The predicted molar refractivity (Wildman–Crippen MR) is 73.1 cm³/mol. The van der Waals surface area contributed by atoms with Gasteiger partial charge in [0.15, 0.2) is 0 Å². The number of hydrogen-bond acceptors (Lipinski definition) is 4. The van der Waals surface area contributed by atoms with Crippen LogP contribution in [0, 0.1) is 5.92 Å². The van der Waals surface area contributed by atoms with E-state index >= 15 is 0 Å². The first-order valence-electron chi connectivity index (χ1n) is 6.64. The Hall–Kier alpha value is -1.55. The van der Waals surface area contributed by atoms with Crippen molar-refractivity contribution >= 4 is 5.97 Å². The van der Waals surface area contributed by atoms with Crippen LogP contribution in [0.3, 0.4) is 0 Å². The second-order valence-corrected chi connectivity index (χ2v) is 4.97. The lowest BCUT2D eigenvalue weighted by molar-refractivity contribution is -0.144. The second-order valence-electron chi connectivity index (χ2n) is 4.97. The molecule has 0 bridgehead atoms. The van der Waals surface area contributed by atoms with Crippen molar-refractivity contribution in [3.63, 3.8) is 0 Å². The monoisotopic (exact) mass is 263 g/mol. The van der Waals surface area contributed by atoms with Crippen molar-refractivity contribution in [1.82, 2.24) is 5.32 Å². The van der Waals surface area contributed by atoms with E-state index in [-0.39, 0.29) is 18.1 Å². The van der Waals surface area contributed by atoms with Crippen molar-refractivity contribution < 1.29 is 14.3 Å². The van der Waals surface area contributed by atoms with Crippen LogP contribution in [-0.2, 0) is 9.53 Å². The largest absolute Gasteiger partial charge is 0.496 e. The Kier molecular flexibility index (Phi) is 4.43. The molecule has 19 heavy (non-hydrogen) atoms. The van der Waals surface area contributed by atoms with Crippen LogP contribution in [0.5, 0.6) is 5.75 Å². The molecule has 2 rings (SSSR count). The standard InChI is InChI=1S/C15H21NO3/c1-10(12-6-4-5-7-13(12)18-2)16-14(11-8-9-11)15(17)19-3/h4-7,10-11,14,16H,8-9H2,1-3H3/t10-,14?/m1/s1. The third kappa shape index (κ3) is 3.26. The van der Waals surface area contributed by atoms with Crippen LogP contribution in [-0.4, -0.2) is 26.2 Å². The lowest BCUT2D eigenvalue weighted by Crippen LogP contribution is -2.40. The summed E-state index contributed by atoms with van der Waals surface area (Å²) in [4.78, 5) is 11.8. The molecule has 1 saturated carbocycles. The number of para-hydroxylation sites is 1. The number of nitrogens with one attached hydrogen (secondary N) is 1. The summed E-state index contributed by atoms with van der Waals surface area (Å²) in [6.07, 6.45) is 2.18. The molecule has 0 radical (unpaired) electrons. The third-order valence-electron chi connectivity index (χ3n) is 3.58. The molecule has 1 N–H and O–H groups in total. The van der Waals surface area contributed by atoms with E-state index in [2.05, 4.69) is 5.32 Å². The summed E-state index contributed by atoms with van der Waals surface area (Å²) < 4.78 is 10.2. The highest BCUT2D eigenvalue weighted by molar-refractivity contribution is 5.76. The highest BCUT2D eigenvalue weighted by Crippen LogP contribution is 2.35. The molecular weight excluding hydrogens is 242 g/mol. The summed E-state index contributed by atoms with van der Waals surface area (Å²) in [5.41, 5.74) is 1.06. The van der Waals surface area contributed by atoms with Crippen molar-refractivity contribution in [1.29, 1.82) is 0 Å². The van der Waals surface area contributed by atoms with E-state index in [0.717, 1.165) is 24.2 Å². The summed E-state index contributed by atoms with van der Waals surface area (Å²) in [6, 6.07) is 7.68. The molecule has 0 amide bonds. The van der Waals surface area contributed by atoms with Gasteiger partial charge < -0.3 is 9.47 Å². The Morgan fingerprint density at radius 1 is 1.32 bits per heavy atom. The third-order valence-corrected chi connectivity index (χ3v) is 3.58. The maximum Gasteiger partial charge on any atom is 0.323 e. The van der Waals surface area contributed by atoms with Gasteiger partial charge in [-0.1, -0.05) is 18.2 Å². The molecular formula is C15H21NO3. The van der Waals surface area contributed by atoms with Gasteiger partial charge in [0, 0.05) is 11.6 Å². The molecule has 4 nitrogen and oxygen atoms in total. The number of methoxy groups -OCH3 is 2. The van der Waals surface area contributed by atoms with E-state index < -0.39 is 0 Å². The van der Waals surface area contributed by atoms with Gasteiger partial charge in [-0.15, -0.1) is 0 Å². The highest BCUT2D eigenvalue weighted by Gasteiger charge is 2.37. The quantitative estimate of drug-likeness (QED) is 0.800. The molecule has 1 aliphatic rings. The maximum atomic E-state index is 11.8. The summed E-state index contributed by atoms with van der Waals surface area (Å²) in [5.74, 6) is 1.07. The van der Waals surface area contributed by atoms with Crippen molar-refractivity contribution in [3.8, 4) is 5.75 Å². The van der Waals surface area contributed by atoms with Crippen molar-refractivity contribution in [2.24, 2.45) is 5.92 Å². The average Bonchev–Trinajstić information content (AvgIpc) is 3.28. The minimum absolute atomic E-state index is 0.0425. The molecule has 0 aliphatic heterocycles. The van der Waals surface area contributed by atoms with E-state index in [1.807, 2.05) is 31.2 Å². The molecule has 1 aromatic rings. The molecule has 104 valence electrons. The number of hydrogen-bond donors (Lipinski definition) is 1. The molecule has 0 spiro atoms. The van der Waals surface area contributed by atoms with Crippen LogP contribution in [0.2, 0.25) is 0 Å². The Balaban J connectivity index is 2.10. The van der Waals surface area contributed by atoms with Crippen molar-refractivity contribution in [3.05, 3.63) is 29.8 Å². The molecule has 1 aliphatic carbocycles. The average molecular weight is 263 g/mol. The predicted octanol–water partition coefficient (Wildman–Crippen LogP) is 2.30. The number of carbonyl (C=O) groups excluding carboxylic acids is 1. The smallest absolute Gasteiger partial charge is 0.323 e. The SMILES string of the molecule is COC(=O)C(N[C@H](C)c1ccccc1OC)C1CC1.